The van der Waals surface area contributed by atoms with Crippen molar-refractivity contribution in [3.05, 3.63) is 76.2 Å². The molecule has 31 heavy (non-hydrogen) atoms. The Balaban J connectivity index is 1.60. The van der Waals surface area contributed by atoms with Crippen LogP contribution in [0.25, 0.3) is 11.1 Å². The number of fused-ring (bicyclic) bond motifs is 1. The maximum absolute atomic E-state index is 13.2. The highest BCUT2D eigenvalue weighted by molar-refractivity contribution is 5.99. The van der Waals surface area contributed by atoms with Crippen LogP contribution in [-0.2, 0) is 28.1 Å². The molecular weight excluding hydrogens is 392 g/mol. The molecule has 1 atom stereocenters. The molecule has 1 fully saturated rings. The molecule has 5 rings (SSSR count). The van der Waals surface area contributed by atoms with Crippen molar-refractivity contribution in [2.45, 2.75) is 32.4 Å². The van der Waals surface area contributed by atoms with Gasteiger partial charge in [-0.15, -0.1) is 0 Å². The fourth-order valence-electron chi connectivity index (χ4n) is 4.88. The molecule has 0 amide bonds. The fourth-order valence-corrected chi connectivity index (χ4v) is 4.88. The molecule has 6 nitrogen and oxygen atoms in total. The highest BCUT2D eigenvalue weighted by Crippen LogP contribution is 2.43. The van der Waals surface area contributed by atoms with Gasteiger partial charge in [-0.05, 0) is 42.2 Å². The first-order valence-electron chi connectivity index (χ1n) is 10.7. The number of ether oxygens (including phenoxy) is 1. The number of benzene rings is 2. The Bertz CT molecular complexity index is 1130. The van der Waals surface area contributed by atoms with E-state index in [1.54, 1.807) is 0 Å². The van der Waals surface area contributed by atoms with E-state index in [4.69, 9.17) is 9.26 Å². The van der Waals surface area contributed by atoms with Crippen molar-refractivity contribution in [1.82, 2.24) is 10.1 Å². The zero-order valence-corrected chi connectivity index (χ0v) is 17.9. The van der Waals surface area contributed by atoms with Crippen LogP contribution in [-0.4, -0.2) is 47.2 Å². The molecule has 1 aliphatic heterocycles. The molecule has 0 saturated carbocycles. The van der Waals surface area contributed by atoms with Crippen LogP contribution in [0.1, 0.15) is 33.7 Å². The first-order valence-corrected chi connectivity index (χ1v) is 10.7. The Labute approximate surface area is 181 Å². The molecule has 1 saturated heterocycles. The molecule has 1 N–H and O–H groups in total. The number of Topliss-reactive ketones (excluding diaryl/α,β-unsaturated/α-hetero) is 1. The molecule has 160 valence electrons. The van der Waals surface area contributed by atoms with E-state index in [1.807, 2.05) is 56.3 Å². The average molecular weight is 418 g/mol. The monoisotopic (exact) mass is 418 g/mol. The number of carbonyl (C=O) groups is 1. The number of hydrogen-bond donors (Lipinski definition) is 1. The highest BCUT2D eigenvalue weighted by atomic mass is 16.5. The van der Waals surface area contributed by atoms with E-state index in [9.17, 15) is 9.90 Å². The van der Waals surface area contributed by atoms with Crippen LogP contribution in [0.5, 0.6) is 0 Å². The van der Waals surface area contributed by atoms with Gasteiger partial charge in [0.25, 0.3) is 0 Å². The molecular formula is C25H26N2O4. The summed E-state index contributed by atoms with van der Waals surface area (Å²) in [6.45, 7) is 7.53. The van der Waals surface area contributed by atoms with Crippen molar-refractivity contribution in [2.75, 3.05) is 26.3 Å². The minimum Gasteiger partial charge on any atom is -0.379 e. The Hall–Kier alpha value is -2.80. The van der Waals surface area contributed by atoms with Gasteiger partial charge >= 0.3 is 0 Å². The lowest BCUT2D eigenvalue weighted by molar-refractivity contribution is -0.131. The number of rotatable bonds is 4. The minimum atomic E-state index is -1.66. The molecule has 1 unspecified atom stereocenters. The Kier molecular flexibility index (Phi) is 5.01. The van der Waals surface area contributed by atoms with Crippen molar-refractivity contribution in [3.8, 4) is 11.1 Å². The van der Waals surface area contributed by atoms with Crippen LogP contribution >= 0.6 is 0 Å². The van der Waals surface area contributed by atoms with Crippen molar-refractivity contribution < 1.29 is 19.2 Å². The number of aromatic nitrogens is 1. The fraction of sp³-hybridized carbons (Fsp3) is 0.360. The van der Waals surface area contributed by atoms with Gasteiger partial charge in [0.15, 0.2) is 11.4 Å². The molecule has 1 aliphatic carbocycles. The van der Waals surface area contributed by atoms with Gasteiger partial charge in [0.1, 0.15) is 5.76 Å². The van der Waals surface area contributed by atoms with Gasteiger partial charge in [-0.25, -0.2) is 0 Å². The largest absolute Gasteiger partial charge is 0.379 e. The quantitative estimate of drug-likeness (QED) is 0.702. The van der Waals surface area contributed by atoms with Gasteiger partial charge in [0.05, 0.1) is 18.9 Å². The van der Waals surface area contributed by atoms with E-state index < -0.39 is 5.60 Å². The first-order chi connectivity index (χ1) is 15.0. The summed E-state index contributed by atoms with van der Waals surface area (Å²) in [6, 6.07) is 13.6. The molecule has 0 spiro atoms. The lowest BCUT2D eigenvalue weighted by Crippen LogP contribution is -2.38. The van der Waals surface area contributed by atoms with Crippen LogP contribution in [0.4, 0.5) is 0 Å². The third-order valence-corrected chi connectivity index (χ3v) is 6.48. The van der Waals surface area contributed by atoms with Crippen LogP contribution in [0.3, 0.4) is 0 Å². The van der Waals surface area contributed by atoms with Crippen molar-refractivity contribution in [1.29, 1.82) is 0 Å². The second-order valence-corrected chi connectivity index (χ2v) is 8.43. The molecule has 2 aliphatic rings. The third-order valence-electron chi connectivity index (χ3n) is 6.48. The van der Waals surface area contributed by atoms with Crippen LogP contribution in [0.15, 0.2) is 47.0 Å². The first kappa shape index (κ1) is 20.1. The van der Waals surface area contributed by atoms with Gasteiger partial charge in [-0.3, -0.25) is 9.69 Å². The number of carbonyl (C=O) groups excluding carboxylic acids is 1. The molecule has 2 aromatic carbocycles. The van der Waals surface area contributed by atoms with Crippen molar-refractivity contribution >= 4 is 5.78 Å². The average Bonchev–Trinajstić information content (AvgIpc) is 3.25. The van der Waals surface area contributed by atoms with Gasteiger partial charge in [0.2, 0.25) is 0 Å². The van der Waals surface area contributed by atoms with E-state index in [2.05, 4.69) is 10.1 Å². The van der Waals surface area contributed by atoms with Crippen molar-refractivity contribution in [2.24, 2.45) is 0 Å². The summed E-state index contributed by atoms with van der Waals surface area (Å²) in [7, 11) is 0. The second kappa shape index (κ2) is 7.71. The molecule has 3 aromatic rings. The number of nitrogens with zero attached hydrogens (tertiary/aromatic N) is 2. The number of aryl methyl sites for hydroxylation is 2. The summed E-state index contributed by atoms with van der Waals surface area (Å²) in [5.74, 6) is 0.533. The minimum absolute atomic E-state index is 0.187. The number of ketones is 1. The molecule has 2 heterocycles. The molecule has 6 heteroatoms. The van der Waals surface area contributed by atoms with Crippen LogP contribution in [0, 0.1) is 13.8 Å². The van der Waals surface area contributed by atoms with Gasteiger partial charge in [0, 0.05) is 37.2 Å². The summed E-state index contributed by atoms with van der Waals surface area (Å²) < 4.78 is 10.8. The topological polar surface area (TPSA) is 75.8 Å². The summed E-state index contributed by atoms with van der Waals surface area (Å²) >= 11 is 0. The van der Waals surface area contributed by atoms with E-state index in [0.29, 0.717) is 30.9 Å². The SMILES string of the molecule is Cc1noc(C)c1-c1ccc2c(c1)C(O)(c1ccccc1CN1CCOCC1)C(=O)C2. The van der Waals surface area contributed by atoms with E-state index in [-0.39, 0.29) is 12.2 Å². The number of morpholine rings is 1. The van der Waals surface area contributed by atoms with E-state index in [0.717, 1.165) is 46.8 Å². The molecule has 0 bridgehead atoms. The third kappa shape index (κ3) is 3.31. The summed E-state index contributed by atoms with van der Waals surface area (Å²) in [4.78, 5) is 15.5. The van der Waals surface area contributed by atoms with E-state index >= 15 is 0 Å². The summed E-state index contributed by atoms with van der Waals surface area (Å²) in [5, 5.41) is 16.0. The smallest absolute Gasteiger partial charge is 0.177 e. The zero-order valence-electron chi connectivity index (χ0n) is 17.9. The zero-order chi connectivity index (χ0) is 21.6. The van der Waals surface area contributed by atoms with Crippen molar-refractivity contribution in [3.63, 3.8) is 0 Å². The predicted molar refractivity (Wildman–Crippen MR) is 116 cm³/mol. The lowest BCUT2D eigenvalue weighted by Gasteiger charge is -2.30. The maximum atomic E-state index is 13.2. The Morgan fingerprint density at radius 3 is 2.61 bits per heavy atom. The second-order valence-electron chi connectivity index (χ2n) is 8.43. The highest BCUT2D eigenvalue weighted by Gasteiger charge is 2.47. The van der Waals surface area contributed by atoms with Crippen LogP contribution < -0.4 is 0 Å². The number of hydrogen-bond acceptors (Lipinski definition) is 6. The Morgan fingerprint density at radius 1 is 1.10 bits per heavy atom. The predicted octanol–water partition coefficient (Wildman–Crippen LogP) is 3.15. The van der Waals surface area contributed by atoms with Gasteiger partial charge < -0.3 is 14.4 Å². The van der Waals surface area contributed by atoms with Gasteiger partial charge in [-0.2, -0.15) is 0 Å². The van der Waals surface area contributed by atoms with Gasteiger partial charge in [-0.1, -0.05) is 41.6 Å². The maximum Gasteiger partial charge on any atom is 0.177 e. The van der Waals surface area contributed by atoms with Crippen LogP contribution in [0.2, 0.25) is 0 Å². The Morgan fingerprint density at radius 2 is 1.87 bits per heavy atom. The lowest BCUT2D eigenvalue weighted by atomic mass is 9.83. The summed E-state index contributed by atoms with van der Waals surface area (Å²) in [5.41, 5.74) is 4.09. The molecule has 0 radical (unpaired) electrons. The van der Waals surface area contributed by atoms with E-state index in [1.165, 1.54) is 0 Å². The molecule has 1 aromatic heterocycles. The normalized spacial score (nSPS) is 21.5. The number of aliphatic hydroxyl groups is 1. The summed E-state index contributed by atoms with van der Waals surface area (Å²) in [6.07, 6.45) is 0.222. The standard InChI is InChI=1S/C25H26N2O4/c1-16-24(17(2)31-26-16)19-8-7-18-14-23(28)25(29,22(18)13-19)21-6-4-3-5-20(21)15-27-9-11-30-12-10-27/h3-8,13,29H,9-12,14-15H2,1-2H3.